The molecule has 0 N–H and O–H groups in total. The van der Waals surface area contributed by atoms with Crippen LogP contribution in [0.25, 0.3) is 27.0 Å². The van der Waals surface area contributed by atoms with Crippen LogP contribution >= 0.6 is 0 Å². The Hall–Kier alpha value is -3.86. The standard InChI is InChI=1S/C23H22N6O2/c1-14-12-29(15(2)11-28(14)18-7-5-6-16-23(18)31-13-25-16)19-10-21(30)27(4)17-8-9-20(24-3)26-22(17)19/h5-10,13-15H,11-12H2,1-2,4H3/t14-,15+/m1/s1. The lowest BCUT2D eigenvalue weighted by Crippen LogP contribution is -2.57. The first kappa shape index (κ1) is 19.1. The second-order valence-corrected chi connectivity index (χ2v) is 8.06. The number of oxazole rings is 1. The van der Waals surface area contributed by atoms with Crippen LogP contribution in [0.2, 0.25) is 0 Å². The summed E-state index contributed by atoms with van der Waals surface area (Å²) in [4.78, 5) is 29.5. The fraction of sp³-hybridized carbons (Fsp3) is 0.304. The fourth-order valence-corrected chi connectivity index (χ4v) is 4.48. The van der Waals surface area contributed by atoms with Gasteiger partial charge in [-0.05, 0) is 38.1 Å². The lowest BCUT2D eigenvalue weighted by molar-refractivity contribution is 0.480. The van der Waals surface area contributed by atoms with Gasteiger partial charge in [0.2, 0.25) is 5.52 Å². The van der Waals surface area contributed by atoms with Gasteiger partial charge in [0, 0.05) is 38.3 Å². The summed E-state index contributed by atoms with van der Waals surface area (Å²) in [6.07, 6.45) is 1.48. The Balaban J connectivity index is 1.57. The molecule has 31 heavy (non-hydrogen) atoms. The molecule has 1 saturated heterocycles. The molecule has 0 spiro atoms. The first-order valence-corrected chi connectivity index (χ1v) is 10.2. The Morgan fingerprint density at radius 2 is 1.84 bits per heavy atom. The summed E-state index contributed by atoms with van der Waals surface area (Å²) >= 11 is 0. The zero-order valence-corrected chi connectivity index (χ0v) is 17.6. The van der Waals surface area contributed by atoms with Gasteiger partial charge >= 0.3 is 0 Å². The van der Waals surface area contributed by atoms with Crippen LogP contribution in [-0.4, -0.2) is 39.7 Å². The van der Waals surface area contributed by atoms with Gasteiger partial charge in [0.1, 0.15) is 5.52 Å². The molecular formula is C23H22N6O2. The molecule has 1 aliphatic heterocycles. The monoisotopic (exact) mass is 414 g/mol. The summed E-state index contributed by atoms with van der Waals surface area (Å²) in [6, 6.07) is 11.4. The highest BCUT2D eigenvalue weighted by molar-refractivity contribution is 5.90. The number of hydrogen-bond acceptors (Lipinski definition) is 6. The number of nitrogens with zero attached hydrogens (tertiary/aromatic N) is 6. The van der Waals surface area contributed by atoms with Crippen molar-refractivity contribution in [2.75, 3.05) is 22.9 Å². The van der Waals surface area contributed by atoms with Crippen LogP contribution in [0.4, 0.5) is 17.2 Å². The molecule has 5 rings (SSSR count). The van der Waals surface area contributed by atoms with E-state index in [1.807, 2.05) is 12.1 Å². The largest absolute Gasteiger partial charge is 0.441 e. The van der Waals surface area contributed by atoms with Gasteiger partial charge in [-0.3, -0.25) is 4.79 Å². The predicted octanol–water partition coefficient (Wildman–Crippen LogP) is 3.73. The van der Waals surface area contributed by atoms with Gasteiger partial charge in [-0.2, -0.15) is 0 Å². The molecule has 1 fully saturated rings. The molecule has 3 aromatic heterocycles. The zero-order valence-electron chi connectivity index (χ0n) is 17.6. The fourth-order valence-electron chi connectivity index (χ4n) is 4.48. The summed E-state index contributed by atoms with van der Waals surface area (Å²) < 4.78 is 7.24. The summed E-state index contributed by atoms with van der Waals surface area (Å²) in [7, 11) is 1.73. The van der Waals surface area contributed by atoms with Crippen molar-refractivity contribution in [2.45, 2.75) is 25.9 Å². The van der Waals surface area contributed by atoms with Gasteiger partial charge in [-0.1, -0.05) is 12.6 Å². The number of pyridine rings is 2. The molecule has 8 heteroatoms. The van der Waals surface area contributed by atoms with Gasteiger partial charge in [0.25, 0.3) is 11.4 Å². The third-order valence-electron chi connectivity index (χ3n) is 6.11. The van der Waals surface area contributed by atoms with Crippen LogP contribution in [0.3, 0.4) is 0 Å². The Morgan fingerprint density at radius 1 is 1.10 bits per heavy atom. The van der Waals surface area contributed by atoms with E-state index in [0.29, 0.717) is 17.9 Å². The molecule has 8 nitrogen and oxygen atoms in total. The predicted molar refractivity (Wildman–Crippen MR) is 121 cm³/mol. The maximum absolute atomic E-state index is 12.7. The molecule has 0 bridgehead atoms. The van der Waals surface area contributed by atoms with Crippen LogP contribution in [-0.2, 0) is 7.05 Å². The van der Waals surface area contributed by atoms with Crippen LogP contribution in [0, 0.1) is 6.57 Å². The molecule has 0 radical (unpaired) electrons. The lowest BCUT2D eigenvalue weighted by atomic mass is 10.0. The van der Waals surface area contributed by atoms with Gasteiger partial charge in [0.05, 0.1) is 16.9 Å². The molecule has 4 aromatic rings. The van der Waals surface area contributed by atoms with Crippen LogP contribution in [0.1, 0.15) is 13.8 Å². The van der Waals surface area contributed by atoms with E-state index in [4.69, 9.17) is 11.0 Å². The van der Waals surface area contributed by atoms with Crippen molar-refractivity contribution in [2.24, 2.45) is 7.05 Å². The first-order valence-electron chi connectivity index (χ1n) is 10.2. The second-order valence-electron chi connectivity index (χ2n) is 8.06. The minimum Gasteiger partial charge on any atom is -0.441 e. The maximum Gasteiger partial charge on any atom is 0.270 e. The van der Waals surface area contributed by atoms with Crippen LogP contribution in [0.5, 0.6) is 0 Å². The number of para-hydroxylation sites is 1. The second kappa shape index (κ2) is 7.13. The number of rotatable bonds is 2. The normalized spacial score (nSPS) is 19.2. The number of benzene rings is 1. The molecule has 1 aliphatic rings. The van der Waals surface area contributed by atoms with Crippen LogP contribution < -0.4 is 15.4 Å². The van der Waals surface area contributed by atoms with E-state index in [1.165, 1.54) is 6.39 Å². The van der Waals surface area contributed by atoms with Gasteiger partial charge in [-0.25, -0.2) is 4.98 Å². The molecule has 0 aliphatic carbocycles. The molecule has 0 amide bonds. The molecule has 0 saturated carbocycles. The van der Waals surface area contributed by atoms with E-state index in [9.17, 15) is 4.79 Å². The summed E-state index contributed by atoms with van der Waals surface area (Å²) in [5.74, 6) is 0.323. The van der Waals surface area contributed by atoms with Crippen molar-refractivity contribution in [1.82, 2.24) is 14.5 Å². The van der Waals surface area contributed by atoms with E-state index in [-0.39, 0.29) is 17.6 Å². The minimum absolute atomic E-state index is 0.0893. The summed E-state index contributed by atoms with van der Waals surface area (Å²) in [5.41, 5.74) is 4.75. The molecule has 1 aromatic carbocycles. The summed E-state index contributed by atoms with van der Waals surface area (Å²) in [5, 5.41) is 0. The number of piperazine rings is 1. The average Bonchev–Trinajstić information content (AvgIpc) is 3.26. The third kappa shape index (κ3) is 3.01. The number of hydrogen-bond donors (Lipinski definition) is 0. The van der Waals surface area contributed by atoms with Crippen molar-refractivity contribution in [3.05, 3.63) is 64.6 Å². The summed E-state index contributed by atoms with van der Waals surface area (Å²) in [6.45, 7) is 13.1. The highest BCUT2D eigenvalue weighted by atomic mass is 16.3. The highest BCUT2D eigenvalue weighted by Crippen LogP contribution is 2.34. The molecule has 0 unspecified atom stereocenters. The van der Waals surface area contributed by atoms with Crippen molar-refractivity contribution >= 4 is 39.3 Å². The van der Waals surface area contributed by atoms with Gasteiger partial charge in [-0.15, -0.1) is 4.98 Å². The number of fused-ring (bicyclic) bond motifs is 2. The van der Waals surface area contributed by atoms with Crippen molar-refractivity contribution in [3.63, 3.8) is 0 Å². The minimum atomic E-state index is -0.0893. The molecular weight excluding hydrogens is 392 g/mol. The Morgan fingerprint density at radius 3 is 2.58 bits per heavy atom. The van der Waals surface area contributed by atoms with E-state index in [2.05, 4.69) is 44.5 Å². The first-order chi connectivity index (χ1) is 15.0. The smallest absolute Gasteiger partial charge is 0.270 e. The lowest BCUT2D eigenvalue weighted by Gasteiger charge is -2.46. The van der Waals surface area contributed by atoms with Crippen molar-refractivity contribution < 1.29 is 4.42 Å². The number of aryl methyl sites for hydroxylation is 1. The number of anilines is 2. The van der Waals surface area contributed by atoms with Gasteiger partial charge in [0.15, 0.2) is 12.0 Å². The van der Waals surface area contributed by atoms with Gasteiger partial charge < -0.3 is 23.6 Å². The van der Waals surface area contributed by atoms with E-state index in [0.717, 1.165) is 34.5 Å². The quantitative estimate of drug-likeness (QED) is 0.466. The van der Waals surface area contributed by atoms with E-state index >= 15 is 0 Å². The van der Waals surface area contributed by atoms with E-state index in [1.54, 1.807) is 29.8 Å². The number of aromatic nitrogens is 3. The molecule has 2 atom stereocenters. The van der Waals surface area contributed by atoms with Crippen LogP contribution in [0.15, 0.2) is 52.0 Å². The van der Waals surface area contributed by atoms with Crippen molar-refractivity contribution in [3.8, 4) is 0 Å². The Kier molecular flexibility index (Phi) is 4.40. The van der Waals surface area contributed by atoms with Crippen molar-refractivity contribution in [1.29, 1.82) is 0 Å². The topological polar surface area (TPSA) is 71.8 Å². The third-order valence-corrected chi connectivity index (χ3v) is 6.11. The maximum atomic E-state index is 12.7. The SMILES string of the molecule is [C-]#[N+]c1ccc2c(n1)c(N1C[C@@H](C)N(c3cccc4ncoc34)C[C@@H]1C)cc(=O)n2C. The average molecular weight is 414 g/mol. The highest BCUT2D eigenvalue weighted by Gasteiger charge is 2.33. The zero-order chi connectivity index (χ0) is 21.7. The van der Waals surface area contributed by atoms with E-state index < -0.39 is 0 Å². The molecule has 156 valence electrons. The Bertz CT molecular complexity index is 1400. The Labute approximate surface area is 179 Å². The molecule has 4 heterocycles.